The summed E-state index contributed by atoms with van der Waals surface area (Å²) in [4.78, 5) is 38.0. The molecule has 0 spiro atoms. The zero-order valence-electron chi connectivity index (χ0n) is 18.2. The second-order valence-electron chi connectivity index (χ2n) is 7.31. The molecule has 0 saturated carbocycles. The predicted octanol–water partition coefficient (Wildman–Crippen LogP) is 7.18. The van der Waals surface area contributed by atoms with E-state index in [-0.39, 0.29) is 17.8 Å². The Kier molecular flexibility index (Phi) is 7.90. The van der Waals surface area contributed by atoms with Gasteiger partial charge in [-0.15, -0.1) is 0 Å². The summed E-state index contributed by atoms with van der Waals surface area (Å²) < 4.78 is 16.4. The summed E-state index contributed by atoms with van der Waals surface area (Å²) in [5.41, 5.74) is 0.948. The minimum atomic E-state index is -0.463. The molecule has 4 rings (SSSR count). The molecule has 1 aliphatic rings. The van der Waals surface area contributed by atoms with Crippen LogP contribution in [0.5, 0.6) is 0 Å². The zero-order chi connectivity index (χ0) is 25.7. The Hall–Kier alpha value is -3.84. The summed E-state index contributed by atoms with van der Waals surface area (Å²) in [6.07, 6.45) is 3.19. The smallest absolute Gasteiger partial charge is 0.299 e. The molecule has 1 aliphatic heterocycles. The third-order valence-corrected chi connectivity index (χ3v) is 5.49. The molecule has 9 heteroatoms. The van der Waals surface area contributed by atoms with Crippen molar-refractivity contribution in [1.82, 2.24) is 0 Å². The van der Waals surface area contributed by atoms with Crippen molar-refractivity contribution in [3.8, 4) is 0 Å². The summed E-state index contributed by atoms with van der Waals surface area (Å²) in [6.45, 7) is 0. The third kappa shape index (κ3) is 6.64. The summed E-state index contributed by atoms with van der Waals surface area (Å²) >= 11 is 17.6. The lowest BCUT2D eigenvalue weighted by Gasteiger charge is -2.21. The number of allylic oxidation sites excluding steroid dienone is 3. The lowest BCUT2D eigenvalue weighted by molar-refractivity contribution is -0.0767. The van der Waals surface area contributed by atoms with E-state index in [4.69, 9.17) is 49.0 Å². The van der Waals surface area contributed by atoms with Gasteiger partial charge in [-0.05, 0) is 72.8 Å². The van der Waals surface area contributed by atoms with Crippen molar-refractivity contribution in [2.24, 2.45) is 0 Å². The van der Waals surface area contributed by atoms with E-state index in [1.807, 2.05) is 0 Å². The molecule has 0 unspecified atom stereocenters. The average molecular weight is 542 g/mol. The van der Waals surface area contributed by atoms with Crippen LogP contribution in [0.1, 0.15) is 31.1 Å². The van der Waals surface area contributed by atoms with Gasteiger partial charge in [-0.25, -0.2) is 0 Å². The van der Waals surface area contributed by atoms with Crippen LogP contribution in [0.3, 0.4) is 0 Å². The van der Waals surface area contributed by atoms with Crippen LogP contribution in [-0.2, 0) is 14.2 Å². The van der Waals surface area contributed by atoms with Crippen molar-refractivity contribution < 1.29 is 28.6 Å². The summed E-state index contributed by atoms with van der Waals surface area (Å²) in [5.74, 6) is -2.29. The number of hydrogen-bond acceptors (Lipinski definition) is 6. The molecule has 3 aromatic rings. The fraction of sp³-hybridized carbons (Fsp3) is 0. The summed E-state index contributed by atoms with van der Waals surface area (Å²) in [7, 11) is 0. The van der Waals surface area contributed by atoms with Crippen LogP contribution in [0.2, 0.25) is 15.1 Å². The van der Waals surface area contributed by atoms with Crippen LogP contribution in [-0.4, -0.2) is 17.3 Å². The third-order valence-electron chi connectivity index (χ3n) is 4.74. The molecular formula is C27H15Cl3O6. The average Bonchev–Trinajstić information content (AvgIpc) is 2.85. The van der Waals surface area contributed by atoms with Crippen molar-refractivity contribution in [2.75, 3.05) is 0 Å². The molecule has 180 valence electrons. The van der Waals surface area contributed by atoms with Gasteiger partial charge in [0.15, 0.2) is 17.3 Å². The lowest BCUT2D eigenvalue weighted by atomic mass is 10.1. The van der Waals surface area contributed by atoms with Crippen molar-refractivity contribution in [1.29, 1.82) is 0 Å². The summed E-state index contributed by atoms with van der Waals surface area (Å²) in [5, 5.41) is 1.40. The predicted molar refractivity (Wildman–Crippen MR) is 135 cm³/mol. The maximum absolute atomic E-state index is 12.7. The molecule has 0 N–H and O–H groups in total. The summed E-state index contributed by atoms with van der Waals surface area (Å²) in [6, 6.07) is 18.5. The topological polar surface area (TPSA) is 78.9 Å². The van der Waals surface area contributed by atoms with Crippen molar-refractivity contribution >= 4 is 52.2 Å². The van der Waals surface area contributed by atoms with E-state index in [0.717, 1.165) is 18.2 Å². The molecule has 3 aromatic carbocycles. The molecule has 0 amide bonds. The maximum atomic E-state index is 12.7. The first-order valence-corrected chi connectivity index (χ1v) is 11.5. The number of hydrogen-bond donors (Lipinski definition) is 0. The number of carbonyl (C=O) groups excluding carboxylic acids is 3. The molecule has 36 heavy (non-hydrogen) atoms. The molecule has 1 saturated heterocycles. The first-order valence-electron chi connectivity index (χ1n) is 10.4. The van der Waals surface area contributed by atoms with Gasteiger partial charge < -0.3 is 14.2 Å². The van der Waals surface area contributed by atoms with Crippen LogP contribution in [0.4, 0.5) is 0 Å². The molecule has 0 atom stereocenters. The second-order valence-corrected chi connectivity index (χ2v) is 8.62. The number of halogens is 3. The molecule has 1 fully saturated rings. The first kappa shape index (κ1) is 25.3. The van der Waals surface area contributed by atoms with Crippen molar-refractivity contribution in [2.45, 2.75) is 0 Å². The monoisotopic (exact) mass is 540 g/mol. The molecule has 0 bridgehead atoms. The normalized spacial score (nSPS) is 12.6. The molecule has 0 aromatic heterocycles. The number of ketones is 3. The van der Waals surface area contributed by atoms with E-state index >= 15 is 0 Å². The molecule has 0 radical (unpaired) electrons. The van der Waals surface area contributed by atoms with Crippen molar-refractivity contribution in [3.05, 3.63) is 141 Å². The largest absolute Gasteiger partial charge is 0.392 e. The van der Waals surface area contributed by atoms with Crippen LogP contribution < -0.4 is 0 Å². The fourth-order valence-electron chi connectivity index (χ4n) is 2.95. The van der Waals surface area contributed by atoms with Gasteiger partial charge in [0, 0.05) is 31.8 Å². The zero-order valence-corrected chi connectivity index (χ0v) is 20.5. The quantitative estimate of drug-likeness (QED) is 0.243. The van der Waals surface area contributed by atoms with Crippen LogP contribution in [0, 0.1) is 0 Å². The Balaban J connectivity index is 1.64. The van der Waals surface area contributed by atoms with Crippen LogP contribution in [0.25, 0.3) is 0 Å². The maximum Gasteiger partial charge on any atom is 0.299 e. The van der Waals surface area contributed by atoms with E-state index in [2.05, 4.69) is 0 Å². The highest BCUT2D eigenvalue weighted by atomic mass is 35.5. The number of benzene rings is 3. The molecule has 0 aliphatic carbocycles. The minimum absolute atomic E-state index is 0.300. The lowest BCUT2D eigenvalue weighted by Crippen LogP contribution is -2.15. The Morgan fingerprint density at radius 2 is 0.667 bits per heavy atom. The van der Waals surface area contributed by atoms with Crippen LogP contribution >= 0.6 is 34.8 Å². The Morgan fingerprint density at radius 3 is 0.889 bits per heavy atom. The van der Waals surface area contributed by atoms with E-state index in [1.165, 1.54) is 36.4 Å². The van der Waals surface area contributed by atoms with E-state index in [9.17, 15) is 14.4 Å². The Labute approximate surface area is 220 Å². The van der Waals surface area contributed by atoms with Gasteiger partial charge in [-0.3, -0.25) is 14.4 Å². The fourth-order valence-corrected chi connectivity index (χ4v) is 3.33. The number of carbonyl (C=O) groups is 3. The van der Waals surface area contributed by atoms with E-state index in [0.29, 0.717) is 31.8 Å². The molecule has 1 heterocycles. The standard InChI is InChI=1S/C27H15Cl3O6/c28-19-7-1-16(2-8-19)22(31)13-25-34-26(14-23(32)17-3-9-20(29)10-4-17)36-27(35-25)15-24(33)18-5-11-21(30)12-6-18/h1-15H. The highest BCUT2D eigenvalue weighted by Gasteiger charge is 2.24. The van der Waals surface area contributed by atoms with Gasteiger partial charge in [0.25, 0.3) is 17.8 Å². The highest BCUT2D eigenvalue weighted by molar-refractivity contribution is 6.31. The Bertz CT molecular complexity index is 1220. The van der Waals surface area contributed by atoms with E-state index < -0.39 is 17.3 Å². The molecular weight excluding hydrogens is 527 g/mol. The van der Waals surface area contributed by atoms with Crippen LogP contribution in [0.15, 0.2) is 109 Å². The highest BCUT2D eigenvalue weighted by Crippen LogP contribution is 2.26. The SMILES string of the molecule is O=C(C=C1OC(=CC(=O)c2ccc(Cl)cc2)OC(=CC(=O)c2ccc(Cl)cc2)O1)c1ccc(Cl)cc1. The van der Waals surface area contributed by atoms with Gasteiger partial charge in [0.2, 0.25) is 0 Å². The number of ether oxygens (including phenoxy) is 3. The van der Waals surface area contributed by atoms with Gasteiger partial charge in [0.05, 0.1) is 18.2 Å². The van der Waals surface area contributed by atoms with Gasteiger partial charge in [-0.2, -0.15) is 0 Å². The van der Waals surface area contributed by atoms with Gasteiger partial charge in [-0.1, -0.05) is 34.8 Å². The van der Waals surface area contributed by atoms with Gasteiger partial charge in [0.1, 0.15) is 0 Å². The van der Waals surface area contributed by atoms with Gasteiger partial charge >= 0.3 is 0 Å². The van der Waals surface area contributed by atoms with E-state index in [1.54, 1.807) is 36.4 Å². The first-order chi connectivity index (χ1) is 17.3. The second kappa shape index (κ2) is 11.3. The molecule has 6 nitrogen and oxygen atoms in total. The Morgan fingerprint density at radius 1 is 0.444 bits per heavy atom. The number of rotatable bonds is 6. The minimum Gasteiger partial charge on any atom is -0.392 e. The van der Waals surface area contributed by atoms with Crippen molar-refractivity contribution in [3.63, 3.8) is 0 Å².